The Labute approximate surface area is 133 Å². The van der Waals surface area contributed by atoms with Crippen LogP contribution >= 0.6 is 11.5 Å². The van der Waals surface area contributed by atoms with Crippen molar-refractivity contribution in [2.24, 2.45) is 0 Å². The Bertz CT molecular complexity index is 716. The molecule has 114 valence electrons. The maximum Gasteiger partial charge on any atom is 0.202 e. The van der Waals surface area contributed by atoms with Crippen LogP contribution in [0.5, 0.6) is 0 Å². The molecule has 3 aromatic rings. The number of hydrogen-bond acceptors (Lipinski definition) is 6. The second-order valence-electron chi connectivity index (χ2n) is 5.12. The second-order valence-corrected chi connectivity index (χ2v) is 5.87. The van der Waals surface area contributed by atoms with Crippen molar-refractivity contribution in [1.82, 2.24) is 14.5 Å². The average molecular weight is 314 g/mol. The molecule has 0 amide bonds. The molecular weight excluding hydrogens is 296 g/mol. The fourth-order valence-electron chi connectivity index (χ4n) is 2.32. The Kier molecular flexibility index (Phi) is 4.48. The molecule has 0 aliphatic carbocycles. The van der Waals surface area contributed by atoms with E-state index >= 15 is 0 Å². The van der Waals surface area contributed by atoms with Crippen LogP contribution in [0.2, 0.25) is 0 Å². The molecular formula is C16H18N4OS. The van der Waals surface area contributed by atoms with Crippen LogP contribution in [0.15, 0.2) is 34.9 Å². The Balaban J connectivity index is 1.52. The van der Waals surface area contributed by atoms with E-state index in [9.17, 15) is 0 Å². The number of nitrogens with zero attached hydrogens (tertiary/aromatic N) is 3. The molecule has 6 heteroatoms. The van der Waals surface area contributed by atoms with Crippen molar-refractivity contribution >= 4 is 16.7 Å². The standard InChI is InChI=1S/C16H18N4OS/c1-11-14(12(2)21-19-11)9-6-10-17-16-18-15(20-22-16)13-7-4-3-5-8-13/h3-5,7-8H,6,9-10H2,1-2H3,(H,17,18,20). The lowest BCUT2D eigenvalue weighted by molar-refractivity contribution is 0.392. The zero-order chi connectivity index (χ0) is 15.4. The van der Waals surface area contributed by atoms with E-state index < -0.39 is 0 Å². The summed E-state index contributed by atoms with van der Waals surface area (Å²) < 4.78 is 9.56. The van der Waals surface area contributed by atoms with Gasteiger partial charge in [-0.3, -0.25) is 0 Å². The largest absolute Gasteiger partial charge is 0.361 e. The summed E-state index contributed by atoms with van der Waals surface area (Å²) in [5.41, 5.74) is 3.24. The summed E-state index contributed by atoms with van der Waals surface area (Å²) in [6, 6.07) is 10.0. The lowest BCUT2D eigenvalue weighted by atomic mass is 10.1. The molecule has 0 saturated heterocycles. The van der Waals surface area contributed by atoms with Gasteiger partial charge in [-0.2, -0.15) is 9.36 Å². The van der Waals surface area contributed by atoms with Crippen molar-refractivity contribution in [3.63, 3.8) is 0 Å². The van der Waals surface area contributed by atoms with Crippen LogP contribution < -0.4 is 5.32 Å². The number of aryl methyl sites for hydroxylation is 2. The number of nitrogens with one attached hydrogen (secondary N) is 1. The molecule has 3 rings (SSSR count). The van der Waals surface area contributed by atoms with Crippen LogP contribution in [-0.4, -0.2) is 21.1 Å². The highest BCUT2D eigenvalue weighted by Crippen LogP contribution is 2.21. The van der Waals surface area contributed by atoms with Crippen molar-refractivity contribution in [2.45, 2.75) is 26.7 Å². The summed E-state index contributed by atoms with van der Waals surface area (Å²) in [6.07, 6.45) is 1.96. The van der Waals surface area contributed by atoms with Crippen LogP contribution in [0.25, 0.3) is 11.4 Å². The molecule has 0 aliphatic heterocycles. The predicted octanol–water partition coefficient (Wildman–Crippen LogP) is 3.85. The topological polar surface area (TPSA) is 63.8 Å². The highest BCUT2D eigenvalue weighted by atomic mass is 32.1. The fourth-order valence-corrected chi connectivity index (χ4v) is 2.93. The monoisotopic (exact) mass is 314 g/mol. The van der Waals surface area contributed by atoms with Gasteiger partial charge in [0.1, 0.15) is 5.76 Å². The first-order valence-corrected chi connectivity index (χ1v) is 8.06. The van der Waals surface area contributed by atoms with Crippen molar-refractivity contribution in [2.75, 3.05) is 11.9 Å². The van der Waals surface area contributed by atoms with Crippen molar-refractivity contribution in [1.29, 1.82) is 0 Å². The Morgan fingerprint density at radius 1 is 1.18 bits per heavy atom. The van der Waals surface area contributed by atoms with Crippen LogP contribution in [0.3, 0.4) is 0 Å². The highest BCUT2D eigenvalue weighted by molar-refractivity contribution is 7.09. The lowest BCUT2D eigenvalue weighted by Gasteiger charge is -2.02. The minimum absolute atomic E-state index is 0.777. The minimum atomic E-state index is 0.777. The summed E-state index contributed by atoms with van der Waals surface area (Å²) in [5, 5.41) is 8.16. The Hall–Kier alpha value is -2.21. The zero-order valence-corrected chi connectivity index (χ0v) is 13.5. The van der Waals surface area contributed by atoms with E-state index in [1.807, 2.05) is 44.2 Å². The first kappa shape index (κ1) is 14.7. The van der Waals surface area contributed by atoms with Crippen molar-refractivity contribution in [3.8, 4) is 11.4 Å². The van der Waals surface area contributed by atoms with E-state index in [1.165, 1.54) is 17.1 Å². The summed E-state index contributed by atoms with van der Waals surface area (Å²) in [5.74, 6) is 1.69. The molecule has 2 heterocycles. The number of anilines is 1. The van der Waals surface area contributed by atoms with Crippen molar-refractivity contribution in [3.05, 3.63) is 47.3 Å². The van der Waals surface area contributed by atoms with E-state index in [-0.39, 0.29) is 0 Å². The van der Waals surface area contributed by atoms with Gasteiger partial charge in [-0.1, -0.05) is 35.5 Å². The van der Waals surface area contributed by atoms with Crippen LogP contribution in [-0.2, 0) is 6.42 Å². The molecule has 1 N–H and O–H groups in total. The SMILES string of the molecule is Cc1noc(C)c1CCCNc1nc(-c2ccccc2)ns1. The highest BCUT2D eigenvalue weighted by Gasteiger charge is 2.09. The molecule has 0 saturated carbocycles. The third kappa shape index (κ3) is 3.33. The summed E-state index contributed by atoms with van der Waals surface area (Å²) in [7, 11) is 0. The normalized spacial score (nSPS) is 10.8. The molecule has 0 radical (unpaired) electrons. The van der Waals surface area contributed by atoms with Gasteiger partial charge in [0.25, 0.3) is 0 Å². The molecule has 0 fully saturated rings. The quantitative estimate of drug-likeness (QED) is 0.700. The zero-order valence-electron chi connectivity index (χ0n) is 12.7. The molecule has 5 nitrogen and oxygen atoms in total. The Morgan fingerprint density at radius 2 is 2.00 bits per heavy atom. The van der Waals surface area contributed by atoms with Gasteiger partial charge in [-0.15, -0.1) is 0 Å². The lowest BCUT2D eigenvalue weighted by Crippen LogP contribution is -2.03. The molecule has 22 heavy (non-hydrogen) atoms. The number of aromatic nitrogens is 3. The smallest absolute Gasteiger partial charge is 0.202 e. The van der Waals surface area contributed by atoms with Gasteiger partial charge in [0.05, 0.1) is 5.69 Å². The Morgan fingerprint density at radius 3 is 2.73 bits per heavy atom. The fraction of sp³-hybridized carbons (Fsp3) is 0.312. The molecule has 0 atom stereocenters. The van der Waals surface area contributed by atoms with Crippen LogP contribution in [0.4, 0.5) is 5.13 Å². The van der Waals surface area contributed by atoms with Gasteiger partial charge in [-0.05, 0) is 26.7 Å². The second kappa shape index (κ2) is 6.70. The number of rotatable bonds is 6. The van der Waals surface area contributed by atoms with Gasteiger partial charge in [0.15, 0.2) is 5.82 Å². The average Bonchev–Trinajstić information content (AvgIpc) is 3.13. The van der Waals surface area contributed by atoms with Crippen molar-refractivity contribution < 1.29 is 4.52 Å². The van der Waals surface area contributed by atoms with E-state index in [0.717, 1.165) is 47.4 Å². The summed E-state index contributed by atoms with van der Waals surface area (Å²) in [6.45, 7) is 4.79. The predicted molar refractivity (Wildman–Crippen MR) is 88.1 cm³/mol. The van der Waals surface area contributed by atoms with E-state index in [4.69, 9.17) is 4.52 Å². The van der Waals surface area contributed by atoms with Gasteiger partial charge >= 0.3 is 0 Å². The van der Waals surface area contributed by atoms with Crippen LogP contribution in [0.1, 0.15) is 23.4 Å². The molecule has 0 unspecified atom stereocenters. The molecule has 0 aliphatic rings. The molecule has 2 aromatic heterocycles. The van der Waals surface area contributed by atoms with Gasteiger partial charge < -0.3 is 9.84 Å². The van der Waals surface area contributed by atoms with Gasteiger partial charge in [-0.25, -0.2) is 0 Å². The third-order valence-electron chi connectivity index (χ3n) is 3.52. The van der Waals surface area contributed by atoms with Crippen LogP contribution in [0, 0.1) is 13.8 Å². The third-order valence-corrected chi connectivity index (χ3v) is 4.19. The first-order valence-electron chi connectivity index (χ1n) is 7.29. The maximum atomic E-state index is 5.17. The summed E-state index contributed by atoms with van der Waals surface area (Å²) in [4.78, 5) is 4.52. The van der Waals surface area contributed by atoms with Gasteiger partial charge in [0.2, 0.25) is 5.13 Å². The summed E-state index contributed by atoms with van der Waals surface area (Å²) >= 11 is 1.40. The van der Waals surface area contributed by atoms with Gasteiger partial charge in [0, 0.05) is 29.2 Å². The molecule has 0 spiro atoms. The number of benzene rings is 1. The molecule has 1 aromatic carbocycles. The first-order chi connectivity index (χ1) is 10.7. The maximum absolute atomic E-state index is 5.17. The van der Waals surface area contributed by atoms with E-state index in [2.05, 4.69) is 19.8 Å². The number of hydrogen-bond donors (Lipinski definition) is 1. The molecule has 0 bridgehead atoms. The van der Waals surface area contributed by atoms with E-state index in [0.29, 0.717) is 0 Å². The van der Waals surface area contributed by atoms with E-state index in [1.54, 1.807) is 0 Å². The minimum Gasteiger partial charge on any atom is -0.361 e.